The zero-order valence-electron chi connectivity index (χ0n) is 9.60. The van der Waals surface area contributed by atoms with Crippen LogP contribution in [0.1, 0.15) is 38.5 Å². The van der Waals surface area contributed by atoms with Crippen molar-refractivity contribution >= 4 is 11.8 Å². The van der Waals surface area contributed by atoms with Gasteiger partial charge in [-0.1, -0.05) is 19.3 Å². The van der Waals surface area contributed by atoms with E-state index in [4.69, 9.17) is 5.11 Å². The minimum Gasteiger partial charge on any atom is -0.477 e. The van der Waals surface area contributed by atoms with Gasteiger partial charge in [0.1, 0.15) is 0 Å². The highest BCUT2D eigenvalue weighted by atomic mass is 19.3. The van der Waals surface area contributed by atoms with Gasteiger partial charge in [-0.2, -0.15) is 17.6 Å². The van der Waals surface area contributed by atoms with Gasteiger partial charge in [0, 0.05) is 5.92 Å². The quantitative estimate of drug-likeness (QED) is 0.781. The van der Waals surface area contributed by atoms with Crippen molar-refractivity contribution in [2.75, 3.05) is 0 Å². The summed E-state index contributed by atoms with van der Waals surface area (Å²) in [4.78, 5) is 21.3. The summed E-state index contributed by atoms with van der Waals surface area (Å²) in [6.07, 6.45) is 0.109. The van der Waals surface area contributed by atoms with Crippen LogP contribution in [0, 0.1) is 5.92 Å². The van der Waals surface area contributed by atoms with E-state index < -0.39 is 35.9 Å². The fourth-order valence-corrected chi connectivity index (χ4v) is 2.09. The molecule has 7 heteroatoms. The number of carboxylic acid groups (broad SMARTS) is 1. The average molecular weight is 270 g/mol. The first-order valence-electron chi connectivity index (χ1n) is 5.70. The number of halogens is 4. The van der Waals surface area contributed by atoms with E-state index in [1.165, 1.54) is 0 Å². The van der Waals surface area contributed by atoms with E-state index >= 15 is 0 Å². The number of carbonyl (C=O) groups is 2. The molecule has 0 spiro atoms. The predicted octanol–water partition coefficient (Wildman–Crippen LogP) is 2.88. The normalized spacial score (nSPS) is 18.7. The molecule has 104 valence electrons. The summed E-state index contributed by atoms with van der Waals surface area (Å²) in [5, 5.41) is 8.12. The van der Waals surface area contributed by atoms with Gasteiger partial charge in [0.05, 0.1) is 6.42 Å². The van der Waals surface area contributed by atoms with Crippen LogP contribution in [0.4, 0.5) is 17.6 Å². The van der Waals surface area contributed by atoms with E-state index in [0.717, 1.165) is 6.42 Å². The second-order valence-corrected chi connectivity index (χ2v) is 4.57. The molecule has 1 rings (SSSR count). The number of carboxylic acids is 1. The highest BCUT2D eigenvalue weighted by molar-refractivity contribution is 5.91. The summed E-state index contributed by atoms with van der Waals surface area (Å²) in [5.74, 6) is -14.1. The molecule has 0 heterocycles. The smallest absolute Gasteiger partial charge is 0.375 e. The van der Waals surface area contributed by atoms with E-state index in [1.54, 1.807) is 0 Å². The SMILES string of the molecule is O=C(O)C(F)(F)CC(=O)C(F)(F)C1CCCCC1. The predicted molar refractivity (Wildman–Crippen MR) is 53.7 cm³/mol. The molecule has 0 amide bonds. The van der Waals surface area contributed by atoms with Crippen LogP contribution in [-0.4, -0.2) is 28.7 Å². The van der Waals surface area contributed by atoms with Gasteiger partial charge >= 0.3 is 17.8 Å². The molecule has 0 aromatic rings. The second kappa shape index (κ2) is 5.24. The number of Topliss-reactive ketones (excluding diaryl/α,β-unsaturated/α-hetero) is 1. The molecule has 0 aliphatic heterocycles. The van der Waals surface area contributed by atoms with Crippen molar-refractivity contribution in [1.82, 2.24) is 0 Å². The summed E-state index contributed by atoms with van der Waals surface area (Å²) in [7, 11) is 0. The Labute approximate surface area is 101 Å². The van der Waals surface area contributed by atoms with E-state index in [2.05, 4.69) is 0 Å². The van der Waals surface area contributed by atoms with Crippen molar-refractivity contribution < 1.29 is 32.3 Å². The third kappa shape index (κ3) is 3.20. The van der Waals surface area contributed by atoms with Gasteiger partial charge in [-0.05, 0) is 12.8 Å². The molecule has 3 nitrogen and oxygen atoms in total. The van der Waals surface area contributed by atoms with Crippen molar-refractivity contribution in [2.24, 2.45) is 5.92 Å². The van der Waals surface area contributed by atoms with Gasteiger partial charge < -0.3 is 5.11 Å². The fraction of sp³-hybridized carbons (Fsp3) is 0.818. The molecule has 1 N–H and O–H groups in total. The Morgan fingerprint density at radius 2 is 1.56 bits per heavy atom. The van der Waals surface area contributed by atoms with Crippen LogP contribution < -0.4 is 0 Å². The summed E-state index contributed by atoms with van der Waals surface area (Å²) in [6, 6.07) is 0. The lowest BCUT2D eigenvalue weighted by atomic mass is 9.82. The van der Waals surface area contributed by atoms with Crippen LogP contribution >= 0.6 is 0 Å². The minimum absolute atomic E-state index is 0.109. The zero-order valence-corrected chi connectivity index (χ0v) is 9.60. The maximum absolute atomic E-state index is 13.6. The lowest BCUT2D eigenvalue weighted by molar-refractivity contribution is -0.175. The van der Waals surface area contributed by atoms with E-state index in [0.29, 0.717) is 12.8 Å². The van der Waals surface area contributed by atoms with E-state index in [-0.39, 0.29) is 12.8 Å². The topological polar surface area (TPSA) is 54.4 Å². The molecular formula is C11H14F4O3. The molecule has 1 aliphatic carbocycles. The van der Waals surface area contributed by atoms with Crippen LogP contribution in [0.2, 0.25) is 0 Å². The Bertz CT molecular complexity index is 335. The molecule has 0 saturated heterocycles. The van der Waals surface area contributed by atoms with Crippen LogP contribution in [0.15, 0.2) is 0 Å². The number of alkyl halides is 4. The van der Waals surface area contributed by atoms with Gasteiger partial charge in [-0.3, -0.25) is 4.79 Å². The van der Waals surface area contributed by atoms with Crippen LogP contribution in [0.25, 0.3) is 0 Å². The summed E-state index contributed by atoms with van der Waals surface area (Å²) >= 11 is 0. The molecule has 0 radical (unpaired) electrons. The molecule has 0 unspecified atom stereocenters. The standard InChI is InChI=1S/C11H14F4O3/c12-10(13,9(17)18)6-8(16)11(14,15)7-4-2-1-3-5-7/h7H,1-6H2,(H,17,18). The monoisotopic (exact) mass is 270 g/mol. The van der Waals surface area contributed by atoms with Crippen LogP contribution in [-0.2, 0) is 9.59 Å². The van der Waals surface area contributed by atoms with Crippen molar-refractivity contribution in [3.63, 3.8) is 0 Å². The molecule has 18 heavy (non-hydrogen) atoms. The molecule has 0 aromatic heterocycles. The molecular weight excluding hydrogens is 256 g/mol. The first-order valence-corrected chi connectivity index (χ1v) is 5.70. The number of ketones is 1. The molecule has 0 bridgehead atoms. The highest BCUT2D eigenvalue weighted by Gasteiger charge is 2.52. The van der Waals surface area contributed by atoms with E-state index in [1.807, 2.05) is 0 Å². The van der Waals surface area contributed by atoms with Crippen molar-refractivity contribution in [3.05, 3.63) is 0 Å². The Kier molecular flexibility index (Phi) is 4.34. The van der Waals surface area contributed by atoms with E-state index in [9.17, 15) is 27.2 Å². The van der Waals surface area contributed by atoms with Gasteiger partial charge in [-0.25, -0.2) is 4.79 Å². The molecule has 1 fully saturated rings. The number of hydrogen-bond donors (Lipinski definition) is 1. The fourth-order valence-electron chi connectivity index (χ4n) is 2.09. The first kappa shape index (κ1) is 14.9. The zero-order chi connectivity index (χ0) is 14.0. The Morgan fingerprint density at radius 3 is 2.00 bits per heavy atom. The maximum atomic E-state index is 13.6. The Morgan fingerprint density at radius 1 is 1.06 bits per heavy atom. The summed E-state index contributed by atoms with van der Waals surface area (Å²) < 4.78 is 52.7. The van der Waals surface area contributed by atoms with Gasteiger partial charge in [0.25, 0.3) is 0 Å². The third-order valence-electron chi connectivity index (χ3n) is 3.19. The number of carbonyl (C=O) groups excluding carboxylic acids is 1. The first-order chi connectivity index (χ1) is 8.18. The van der Waals surface area contributed by atoms with Crippen molar-refractivity contribution in [3.8, 4) is 0 Å². The molecule has 1 aliphatic rings. The van der Waals surface area contributed by atoms with Crippen molar-refractivity contribution in [2.45, 2.75) is 50.4 Å². The second-order valence-electron chi connectivity index (χ2n) is 4.57. The average Bonchev–Trinajstić information content (AvgIpc) is 2.29. The Balaban J connectivity index is 2.72. The summed E-state index contributed by atoms with van der Waals surface area (Å²) in [6.45, 7) is 0. The molecule has 1 saturated carbocycles. The number of rotatable bonds is 5. The van der Waals surface area contributed by atoms with Gasteiger partial charge in [0.2, 0.25) is 5.78 Å². The van der Waals surface area contributed by atoms with Crippen LogP contribution in [0.5, 0.6) is 0 Å². The number of aliphatic carboxylic acids is 1. The lowest BCUT2D eigenvalue weighted by Crippen LogP contribution is -2.43. The van der Waals surface area contributed by atoms with Crippen LogP contribution in [0.3, 0.4) is 0 Å². The summed E-state index contributed by atoms with van der Waals surface area (Å²) in [5.41, 5.74) is 0. The van der Waals surface area contributed by atoms with Gasteiger partial charge in [-0.15, -0.1) is 0 Å². The minimum atomic E-state index is -4.44. The third-order valence-corrected chi connectivity index (χ3v) is 3.19. The Hall–Kier alpha value is -1.14. The lowest BCUT2D eigenvalue weighted by Gasteiger charge is -2.29. The maximum Gasteiger partial charge on any atom is 0.375 e. The highest BCUT2D eigenvalue weighted by Crippen LogP contribution is 2.39. The number of hydrogen-bond acceptors (Lipinski definition) is 2. The largest absolute Gasteiger partial charge is 0.477 e. The molecule has 0 aromatic carbocycles. The molecule has 0 atom stereocenters. The van der Waals surface area contributed by atoms with Gasteiger partial charge in [0.15, 0.2) is 0 Å². The van der Waals surface area contributed by atoms with Crippen molar-refractivity contribution in [1.29, 1.82) is 0 Å².